The number of ether oxygens (including phenoxy) is 1. The Hall–Kier alpha value is -1.56. The number of amides is 1. The molecule has 0 aliphatic heterocycles. The van der Waals surface area contributed by atoms with Crippen LogP contribution in [0.25, 0.3) is 0 Å². The first-order valence-electron chi connectivity index (χ1n) is 9.70. The highest BCUT2D eigenvalue weighted by molar-refractivity contribution is 7.17. The van der Waals surface area contributed by atoms with Gasteiger partial charge in [-0.3, -0.25) is 4.79 Å². The van der Waals surface area contributed by atoms with Crippen LogP contribution in [0.2, 0.25) is 10.0 Å². The van der Waals surface area contributed by atoms with Gasteiger partial charge in [-0.25, -0.2) is 4.79 Å². The van der Waals surface area contributed by atoms with E-state index in [1.54, 1.807) is 25.1 Å². The standard InChI is InChI=1S/C22H25Cl2NO3S/c1-5-28-21(27)17-13-10-9-12(22(2,3)4)11-16(13)29-20(17)25-19(26)18-14(23)7-6-8-15(18)24/h6-8,12H,5,9-11H2,1-4H3,(H,25,26)/t12-/m0/s1. The Kier molecular flexibility index (Phi) is 6.61. The lowest BCUT2D eigenvalue weighted by atomic mass is 9.72. The van der Waals surface area contributed by atoms with Crippen LogP contribution in [-0.4, -0.2) is 18.5 Å². The average Bonchev–Trinajstić information content (AvgIpc) is 2.97. The zero-order valence-electron chi connectivity index (χ0n) is 17.0. The van der Waals surface area contributed by atoms with Crippen LogP contribution in [-0.2, 0) is 17.6 Å². The van der Waals surface area contributed by atoms with Crippen LogP contribution in [0.4, 0.5) is 5.00 Å². The van der Waals surface area contributed by atoms with Gasteiger partial charge in [0.15, 0.2) is 0 Å². The maximum absolute atomic E-state index is 12.9. The number of hydrogen-bond acceptors (Lipinski definition) is 4. The van der Waals surface area contributed by atoms with Crippen molar-refractivity contribution in [3.8, 4) is 0 Å². The van der Waals surface area contributed by atoms with Crippen molar-refractivity contribution in [2.24, 2.45) is 11.3 Å². The zero-order valence-corrected chi connectivity index (χ0v) is 19.4. The van der Waals surface area contributed by atoms with Gasteiger partial charge in [-0.2, -0.15) is 0 Å². The van der Waals surface area contributed by atoms with Crippen molar-refractivity contribution >= 4 is 51.4 Å². The maximum Gasteiger partial charge on any atom is 0.341 e. The SMILES string of the molecule is CCOC(=O)c1c(NC(=O)c2c(Cl)cccc2Cl)sc2c1CC[C@H](C(C)(C)C)C2. The van der Waals surface area contributed by atoms with Crippen LogP contribution in [0.5, 0.6) is 0 Å². The van der Waals surface area contributed by atoms with Crippen LogP contribution in [0.3, 0.4) is 0 Å². The molecule has 1 amide bonds. The summed E-state index contributed by atoms with van der Waals surface area (Å²) in [5.74, 6) is -0.317. The molecule has 1 atom stereocenters. The van der Waals surface area contributed by atoms with E-state index in [4.69, 9.17) is 27.9 Å². The van der Waals surface area contributed by atoms with Gasteiger partial charge in [0.25, 0.3) is 5.91 Å². The topological polar surface area (TPSA) is 55.4 Å². The number of fused-ring (bicyclic) bond motifs is 1. The van der Waals surface area contributed by atoms with Gasteiger partial charge in [0, 0.05) is 4.88 Å². The van der Waals surface area contributed by atoms with E-state index in [1.165, 1.54) is 11.3 Å². The molecule has 3 rings (SSSR count). The average molecular weight is 454 g/mol. The summed E-state index contributed by atoms with van der Waals surface area (Å²) in [5, 5.41) is 3.90. The van der Waals surface area contributed by atoms with Crippen molar-refractivity contribution in [2.75, 3.05) is 11.9 Å². The highest BCUT2D eigenvalue weighted by Gasteiger charge is 2.34. The molecular weight excluding hydrogens is 429 g/mol. The number of nitrogens with one attached hydrogen (secondary N) is 1. The first-order chi connectivity index (χ1) is 13.6. The Morgan fingerprint density at radius 3 is 2.45 bits per heavy atom. The minimum atomic E-state index is -0.433. The normalized spacial score (nSPS) is 16.3. The smallest absolute Gasteiger partial charge is 0.341 e. The largest absolute Gasteiger partial charge is 0.462 e. The van der Waals surface area contributed by atoms with Gasteiger partial charge >= 0.3 is 5.97 Å². The quantitative estimate of drug-likeness (QED) is 0.528. The Labute approximate surface area is 185 Å². The third-order valence-electron chi connectivity index (χ3n) is 5.39. The van der Waals surface area contributed by atoms with Gasteiger partial charge in [0.2, 0.25) is 0 Å². The number of thiophene rings is 1. The number of rotatable bonds is 4. The molecule has 0 unspecified atom stereocenters. The molecule has 0 fully saturated rings. The van der Waals surface area contributed by atoms with Crippen molar-refractivity contribution in [3.05, 3.63) is 49.8 Å². The summed E-state index contributed by atoms with van der Waals surface area (Å²) in [6.07, 6.45) is 2.69. The second-order valence-electron chi connectivity index (χ2n) is 8.28. The molecule has 0 saturated carbocycles. The summed E-state index contributed by atoms with van der Waals surface area (Å²) in [5.41, 5.74) is 1.84. The minimum absolute atomic E-state index is 0.181. The molecule has 29 heavy (non-hydrogen) atoms. The lowest BCUT2D eigenvalue weighted by Crippen LogP contribution is -2.26. The Bertz CT molecular complexity index is 926. The number of hydrogen-bond donors (Lipinski definition) is 1. The molecule has 0 radical (unpaired) electrons. The fraction of sp³-hybridized carbons (Fsp3) is 0.455. The molecule has 0 saturated heterocycles. The van der Waals surface area contributed by atoms with Crippen LogP contribution < -0.4 is 5.32 Å². The molecule has 0 bridgehead atoms. The lowest BCUT2D eigenvalue weighted by molar-refractivity contribution is 0.0526. The Morgan fingerprint density at radius 1 is 1.21 bits per heavy atom. The number of esters is 1. The van der Waals surface area contributed by atoms with Gasteiger partial charge in [-0.05, 0) is 55.2 Å². The second-order valence-corrected chi connectivity index (χ2v) is 10.2. The fourth-order valence-corrected chi connectivity index (χ4v) is 5.59. The van der Waals surface area contributed by atoms with Gasteiger partial charge in [0.1, 0.15) is 5.00 Å². The van der Waals surface area contributed by atoms with Gasteiger partial charge in [-0.15, -0.1) is 11.3 Å². The molecule has 1 aliphatic carbocycles. The Balaban J connectivity index is 1.99. The first kappa shape index (κ1) is 22.1. The number of benzene rings is 1. The number of halogens is 2. The summed E-state index contributed by atoms with van der Waals surface area (Å²) in [6, 6.07) is 4.91. The van der Waals surface area contributed by atoms with Crippen LogP contribution in [0, 0.1) is 11.3 Å². The molecule has 0 spiro atoms. The first-order valence-corrected chi connectivity index (χ1v) is 11.3. The van der Waals surface area contributed by atoms with Crippen molar-refractivity contribution in [3.63, 3.8) is 0 Å². The van der Waals surface area contributed by atoms with E-state index in [1.807, 2.05) is 0 Å². The molecular formula is C22H25Cl2NO3S. The second kappa shape index (κ2) is 8.66. The van der Waals surface area contributed by atoms with E-state index < -0.39 is 11.9 Å². The van der Waals surface area contributed by atoms with Gasteiger partial charge in [-0.1, -0.05) is 50.0 Å². The number of carbonyl (C=O) groups excluding carboxylic acids is 2. The fourth-order valence-electron chi connectivity index (χ4n) is 3.71. The summed E-state index contributed by atoms with van der Waals surface area (Å²) >= 11 is 13.8. The van der Waals surface area contributed by atoms with Crippen LogP contribution >= 0.6 is 34.5 Å². The summed E-state index contributed by atoms with van der Waals surface area (Å²) in [6.45, 7) is 8.77. The van der Waals surface area contributed by atoms with Gasteiger partial charge < -0.3 is 10.1 Å². The molecule has 4 nitrogen and oxygen atoms in total. The summed E-state index contributed by atoms with van der Waals surface area (Å²) in [4.78, 5) is 26.7. The molecule has 2 aromatic rings. The molecule has 1 heterocycles. The predicted molar refractivity (Wildman–Crippen MR) is 120 cm³/mol. The van der Waals surface area contributed by atoms with Crippen molar-refractivity contribution < 1.29 is 14.3 Å². The summed E-state index contributed by atoms with van der Waals surface area (Å²) in [7, 11) is 0. The highest BCUT2D eigenvalue weighted by Crippen LogP contribution is 2.44. The van der Waals surface area contributed by atoms with E-state index in [0.717, 1.165) is 29.7 Å². The molecule has 1 aromatic heterocycles. The van der Waals surface area contributed by atoms with E-state index >= 15 is 0 Å². The number of carbonyl (C=O) groups is 2. The van der Waals surface area contributed by atoms with Gasteiger partial charge in [0.05, 0.1) is 27.8 Å². The highest BCUT2D eigenvalue weighted by atomic mass is 35.5. The third-order valence-corrected chi connectivity index (χ3v) is 7.19. The van der Waals surface area contributed by atoms with Crippen LogP contribution in [0.1, 0.15) is 65.3 Å². The minimum Gasteiger partial charge on any atom is -0.462 e. The van der Waals surface area contributed by atoms with E-state index in [0.29, 0.717) is 16.5 Å². The van der Waals surface area contributed by atoms with E-state index in [-0.39, 0.29) is 27.6 Å². The van der Waals surface area contributed by atoms with Crippen molar-refractivity contribution in [1.29, 1.82) is 0 Å². The van der Waals surface area contributed by atoms with E-state index in [2.05, 4.69) is 26.1 Å². The lowest BCUT2D eigenvalue weighted by Gasteiger charge is -2.33. The monoisotopic (exact) mass is 453 g/mol. The molecule has 1 aromatic carbocycles. The number of anilines is 1. The molecule has 1 aliphatic rings. The predicted octanol–water partition coefficient (Wildman–Crippen LogP) is 6.63. The molecule has 1 N–H and O–H groups in total. The summed E-state index contributed by atoms with van der Waals surface area (Å²) < 4.78 is 5.29. The molecule has 156 valence electrons. The Morgan fingerprint density at radius 2 is 1.86 bits per heavy atom. The third kappa shape index (κ3) is 4.62. The molecule has 7 heteroatoms. The van der Waals surface area contributed by atoms with Crippen LogP contribution in [0.15, 0.2) is 18.2 Å². The van der Waals surface area contributed by atoms with Crippen molar-refractivity contribution in [2.45, 2.75) is 47.0 Å². The van der Waals surface area contributed by atoms with E-state index in [9.17, 15) is 9.59 Å². The zero-order chi connectivity index (χ0) is 21.3. The van der Waals surface area contributed by atoms with Crippen molar-refractivity contribution in [1.82, 2.24) is 0 Å². The maximum atomic E-state index is 12.9.